The third-order valence-electron chi connectivity index (χ3n) is 2.20. The third-order valence-corrected chi connectivity index (χ3v) is 2.53. The molecule has 0 unspecified atom stereocenters. The Morgan fingerprint density at radius 1 is 1.42 bits per heavy atom. The average Bonchev–Trinajstić information content (AvgIpc) is 2.12. The van der Waals surface area contributed by atoms with E-state index in [0.717, 1.165) is 18.7 Å². The zero-order valence-corrected chi connectivity index (χ0v) is 7.49. The van der Waals surface area contributed by atoms with Crippen LogP contribution in [-0.4, -0.2) is 6.54 Å². The average molecular weight is 183 g/mol. The summed E-state index contributed by atoms with van der Waals surface area (Å²) in [5, 5.41) is 3.90. The molecule has 1 aliphatic rings. The van der Waals surface area contributed by atoms with Gasteiger partial charge in [0.05, 0.1) is 16.4 Å². The molecular formula is C9H11ClN2. The number of hydrogen-bond donors (Lipinski definition) is 2. The summed E-state index contributed by atoms with van der Waals surface area (Å²) < 4.78 is 0. The van der Waals surface area contributed by atoms with Crippen LogP contribution in [0.3, 0.4) is 0 Å². The Bertz CT molecular complexity index is 310. The molecule has 2 nitrogen and oxygen atoms in total. The van der Waals surface area contributed by atoms with Crippen molar-refractivity contribution in [2.75, 3.05) is 17.6 Å². The number of halogens is 1. The van der Waals surface area contributed by atoms with Crippen molar-refractivity contribution in [3.63, 3.8) is 0 Å². The molecule has 0 bridgehead atoms. The van der Waals surface area contributed by atoms with Crippen molar-refractivity contribution in [3.8, 4) is 0 Å². The molecule has 0 amide bonds. The van der Waals surface area contributed by atoms with Gasteiger partial charge in [-0.3, -0.25) is 0 Å². The minimum atomic E-state index is 0.642. The zero-order chi connectivity index (χ0) is 8.55. The van der Waals surface area contributed by atoms with Crippen molar-refractivity contribution in [1.82, 2.24) is 0 Å². The number of nitrogen functional groups attached to an aromatic ring is 1. The zero-order valence-electron chi connectivity index (χ0n) is 6.73. The molecule has 3 N–H and O–H groups in total. The lowest BCUT2D eigenvalue weighted by molar-refractivity contribution is 0.831. The van der Waals surface area contributed by atoms with E-state index < -0.39 is 0 Å². The lowest BCUT2D eigenvalue weighted by atomic mass is 10.0. The van der Waals surface area contributed by atoms with E-state index in [1.807, 2.05) is 12.1 Å². The highest BCUT2D eigenvalue weighted by Gasteiger charge is 2.12. The molecule has 0 saturated heterocycles. The number of hydrogen-bond acceptors (Lipinski definition) is 2. The van der Waals surface area contributed by atoms with Crippen LogP contribution in [-0.2, 0) is 6.42 Å². The fourth-order valence-electron chi connectivity index (χ4n) is 1.55. The first-order valence-electron chi connectivity index (χ1n) is 4.10. The number of benzene rings is 1. The van der Waals surface area contributed by atoms with Crippen molar-refractivity contribution in [2.24, 2.45) is 0 Å². The molecule has 0 aliphatic carbocycles. The highest BCUT2D eigenvalue weighted by atomic mass is 35.5. The Hall–Kier alpha value is -0.890. The molecule has 1 heterocycles. The number of anilines is 2. The SMILES string of the molecule is Nc1c(Cl)ccc2c1NCCC2. The minimum absolute atomic E-state index is 0.642. The highest BCUT2D eigenvalue weighted by Crippen LogP contribution is 2.33. The Balaban J connectivity index is 2.54. The number of nitrogens with two attached hydrogens (primary N) is 1. The number of aryl methyl sites for hydroxylation is 1. The molecule has 3 heteroatoms. The second-order valence-corrected chi connectivity index (χ2v) is 3.43. The molecule has 0 saturated carbocycles. The first kappa shape index (κ1) is 7.74. The standard InChI is InChI=1S/C9H11ClN2/c10-7-4-3-6-2-1-5-12-9(6)8(7)11/h3-4,12H,1-2,5,11H2. The van der Waals surface area contributed by atoms with E-state index in [2.05, 4.69) is 5.32 Å². The Morgan fingerprint density at radius 3 is 3.08 bits per heavy atom. The quantitative estimate of drug-likeness (QED) is 0.605. The van der Waals surface area contributed by atoms with Crippen LogP contribution in [0.2, 0.25) is 5.02 Å². The normalized spacial score (nSPS) is 15.1. The summed E-state index contributed by atoms with van der Waals surface area (Å²) in [5.74, 6) is 0. The van der Waals surface area contributed by atoms with Gasteiger partial charge >= 0.3 is 0 Å². The summed E-state index contributed by atoms with van der Waals surface area (Å²) in [7, 11) is 0. The second-order valence-electron chi connectivity index (χ2n) is 3.03. The molecule has 1 aromatic rings. The summed E-state index contributed by atoms with van der Waals surface area (Å²) in [6.45, 7) is 0.998. The molecule has 1 aromatic carbocycles. The summed E-state index contributed by atoms with van der Waals surface area (Å²) in [4.78, 5) is 0. The van der Waals surface area contributed by atoms with Gasteiger partial charge in [-0.05, 0) is 24.5 Å². The van der Waals surface area contributed by atoms with Gasteiger partial charge in [-0.25, -0.2) is 0 Å². The van der Waals surface area contributed by atoms with Crippen LogP contribution >= 0.6 is 11.6 Å². The van der Waals surface area contributed by atoms with Gasteiger partial charge in [-0.15, -0.1) is 0 Å². The van der Waals surface area contributed by atoms with E-state index in [9.17, 15) is 0 Å². The first-order chi connectivity index (χ1) is 5.79. The van der Waals surface area contributed by atoms with Crippen LogP contribution in [0, 0.1) is 0 Å². The maximum atomic E-state index is 5.88. The maximum Gasteiger partial charge on any atom is 0.0742 e. The van der Waals surface area contributed by atoms with Gasteiger partial charge in [0, 0.05) is 6.54 Å². The number of fused-ring (bicyclic) bond motifs is 1. The Kier molecular flexibility index (Phi) is 1.85. The van der Waals surface area contributed by atoms with E-state index in [1.165, 1.54) is 12.0 Å². The predicted molar refractivity (Wildman–Crippen MR) is 52.7 cm³/mol. The van der Waals surface area contributed by atoms with Crippen LogP contribution in [0.25, 0.3) is 0 Å². The summed E-state index contributed by atoms with van der Waals surface area (Å²) in [5.41, 5.74) is 8.81. The first-order valence-corrected chi connectivity index (χ1v) is 4.47. The van der Waals surface area contributed by atoms with Crippen molar-refractivity contribution in [3.05, 3.63) is 22.7 Å². The van der Waals surface area contributed by atoms with Gasteiger partial charge in [0.15, 0.2) is 0 Å². The molecular weight excluding hydrogens is 172 g/mol. The van der Waals surface area contributed by atoms with Gasteiger partial charge in [0.1, 0.15) is 0 Å². The van der Waals surface area contributed by atoms with Crippen molar-refractivity contribution >= 4 is 23.0 Å². The van der Waals surface area contributed by atoms with Gasteiger partial charge in [-0.2, -0.15) is 0 Å². The van der Waals surface area contributed by atoms with Crippen LogP contribution in [0.5, 0.6) is 0 Å². The van der Waals surface area contributed by atoms with Gasteiger partial charge in [-0.1, -0.05) is 17.7 Å². The fraction of sp³-hybridized carbons (Fsp3) is 0.333. The van der Waals surface area contributed by atoms with Crippen molar-refractivity contribution in [1.29, 1.82) is 0 Å². The molecule has 0 aromatic heterocycles. The summed E-state index contributed by atoms with van der Waals surface area (Å²) in [6.07, 6.45) is 2.28. The van der Waals surface area contributed by atoms with Crippen LogP contribution in [0.15, 0.2) is 12.1 Å². The number of nitrogens with one attached hydrogen (secondary N) is 1. The Morgan fingerprint density at radius 2 is 2.25 bits per heavy atom. The molecule has 2 rings (SSSR count). The van der Waals surface area contributed by atoms with Crippen LogP contribution in [0.1, 0.15) is 12.0 Å². The molecule has 1 aliphatic heterocycles. The molecule has 0 fully saturated rings. The fourth-order valence-corrected chi connectivity index (χ4v) is 1.71. The molecule has 0 atom stereocenters. The van der Waals surface area contributed by atoms with Crippen LogP contribution in [0.4, 0.5) is 11.4 Å². The van der Waals surface area contributed by atoms with E-state index in [0.29, 0.717) is 10.7 Å². The van der Waals surface area contributed by atoms with Crippen molar-refractivity contribution in [2.45, 2.75) is 12.8 Å². The lowest BCUT2D eigenvalue weighted by Gasteiger charge is -2.20. The maximum absolute atomic E-state index is 5.88. The molecule has 0 radical (unpaired) electrons. The van der Waals surface area contributed by atoms with E-state index in [4.69, 9.17) is 17.3 Å². The van der Waals surface area contributed by atoms with Gasteiger partial charge in [0.25, 0.3) is 0 Å². The Labute approximate surface area is 76.7 Å². The van der Waals surface area contributed by atoms with E-state index >= 15 is 0 Å². The monoisotopic (exact) mass is 182 g/mol. The second kappa shape index (κ2) is 2.87. The third kappa shape index (κ3) is 1.12. The molecule has 64 valence electrons. The smallest absolute Gasteiger partial charge is 0.0742 e. The highest BCUT2D eigenvalue weighted by molar-refractivity contribution is 6.33. The lowest BCUT2D eigenvalue weighted by Crippen LogP contribution is -2.13. The number of rotatable bonds is 0. The van der Waals surface area contributed by atoms with Crippen molar-refractivity contribution < 1.29 is 0 Å². The molecule has 12 heavy (non-hydrogen) atoms. The largest absolute Gasteiger partial charge is 0.396 e. The van der Waals surface area contributed by atoms with E-state index in [1.54, 1.807) is 0 Å². The summed E-state index contributed by atoms with van der Waals surface area (Å²) in [6, 6.07) is 3.91. The van der Waals surface area contributed by atoms with Gasteiger partial charge < -0.3 is 11.1 Å². The van der Waals surface area contributed by atoms with Gasteiger partial charge in [0.2, 0.25) is 0 Å². The predicted octanol–water partition coefficient (Wildman–Crippen LogP) is 2.28. The van der Waals surface area contributed by atoms with E-state index in [-0.39, 0.29) is 0 Å². The minimum Gasteiger partial charge on any atom is -0.396 e. The summed E-state index contributed by atoms with van der Waals surface area (Å²) >= 11 is 5.88. The topological polar surface area (TPSA) is 38.0 Å². The van der Waals surface area contributed by atoms with Crippen LogP contribution < -0.4 is 11.1 Å². The molecule has 0 spiro atoms.